The second-order valence-electron chi connectivity index (χ2n) is 4.12. The minimum absolute atomic E-state index is 0.114. The van der Waals surface area contributed by atoms with E-state index in [1.807, 2.05) is 12.1 Å². The molecule has 0 radical (unpaired) electrons. The Hall–Kier alpha value is -2.02. The summed E-state index contributed by atoms with van der Waals surface area (Å²) in [6, 6.07) is 9.41. The first kappa shape index (κ1) is 12.1. The zero-order valence-electron chi connectivity index (χ0n) is 9.66. The summed E-state index contributed by atoms with van der Waals surface area (Å²) < 4.78 is 0. The largest absolute Gasteiger partial charge is 0.368 e. The van der Waals surface area contributed by atoms with Gasteiger partial charge in [-0.1, -0.05) is 6.07 Å². The molecule has 0 atom stereocenters. The molecule has 1 aromatic carbocycles. The Morgan fingerprint density at radius 1 is 1.38 bits per heavy atom. The zero-order valence-corrected chi connectivity index (χ0v) is 9.66. The molecule has 0 aliphatic heterocycles. The summed E-state index contributed by atoms with van der Waals surface area (Å²) in [4.78, 5) is 10.9. The molecule has 2 N–H and O–H groups in total. The third-order valence-corrected chi connectivity index (χ3v) is 1.92. The van der Waals surface area contributed by atoms with Crippen LogP contribution in [0.15, 0.2) is 24.3 Å². The van der Waals surface area contributed by atoms with Gasteiger partial charge in [-0.2, -0.15) is 5.26 Å². The van der Waals surface area contributed by atoms with Gasteiger partial charge in [0.25, 0.3) is 0 Å². The summed E-state index contributed by atoms with van der Waals surface area (Å²) in [5, 5.41) is 14.6. The summed E-state index contributed by atoms with van der Waals surface area (Å²) in [6.07, 6.45) is 0. The number of hydrogen-bond acceptors (Lipinski definition) is 3. The molecule has 0 aliphatic rings. The molecule has 0 saturated carbocycles. The molecule has 0 fully saturated rings. The molecule has 0 unspecified atom stereocenters. The lowest BCUT2D eigenvalue weighted by Crippen LogP contribution is -2.28. The van der Waals surface area contributed by atoms with Crippen molar-refractivity contribution in [2.24, 2.45) is 0 Å². The third-order valence-electron chi connectivity index (χ3n) is 1.92. The van der Waals surface area contributed by atoms with E-state index in [0.717, 1.165) is 5.69 Å². The number of amides is 1. The van der Waals surface area contributed by atoms with Gasteiger partial charge >= 0.3 is 0 Å². The van der Waals surface area contributed by atoms with E-state index in [1.165, 1.54) is 6.92 Å². The molecule has 0 aliphatic carbocycles. The molecular weight excluding hydrogens is 202 g/mol. The molecule has 0 saturated heterocycles. The van der Waals surface area contributed by atoms with Gasteiger partial charge in [-0.25, -0.2) is 0 Å². The summed E-state index contributed by atoms with van der Waals surface area (Å²) >= 11 is 0. The molecule has 0 aromatic heterocycles. The molecule has 0 bridgehead atoms. The maximum atomic E-state index is 10.9. The van der Waals surface area contributed by atoms with Gasteiger partial charge in [0, 0.05) is 18.3 Å². The van der Waals surface area contributed by atoms with Crippen molar-refractivity contribution in [3.63, 3.8) is 0 Å². The molecule has 0 heterocycles. The monoisotopic (exact) mass is 217 g/mol. The summed E-state index contributed by atoms with van der Waals surface area (Å²) in [7, 11) is 0. The highest BCUT2D eigenvalue weighted by Crippen LogP contribution is 2.18. The fraction of sp³-hybridized carbons (Fsp3) is 0.333. The van der Waals surface area contributed by atoms with E-state index in [9.17, 15) is 4.79 Å². The van der Waals surface area contributed by atoms with Crippen molar-refractivity contribution in [3.8, 4) is 6.07 Å². The number of nitriles is 1. The topological polar surface area (TPSA) is 64.9 Å². The molecule has 4 heteroatoms. The number of hydrogen-bond donors (Lipinski definition) is 2. The molecule has 4 nitrogen and oxygen atoms in total. The van der Waals surface area contributed by atoms with Crippen molar-refractivity contribution in [2.45, 2.75) is 26.3 Å². The Kier molecular flexibility index (Phi) is 3.51. The van der Waals surface area contributed by atoms with E-state index < -0.39 is 5.54 Å². The Morgan fingerprint density at radius 2 is 2.00 bits per heavy atom. The van der Waals surface area contributed by atoms with Gasteiger partial charge in [-0.3, -0.25) is 4.79 Å². The van der Waals surface area contributed by atoms with E-state index in [2.05, 4.69) is 16.7 Å². The van der Waals surface area contributed by atoms with Crippen molar-refractivity contribution in [2.75, 3.05) is 10.6 Å². The van der Waals surface area contributed by atoms with Crippen molar-refractivity contribution in [1.82, 2.24) is 0 Å². The highest BCUT2D eigenvalue weighted by Gasteiger charge is 2.15. The Bertz CT molecular complexity index is 432. The molecule has 1 amide bonds. The number of rotatable bonds is 3. The summed E-state index contributed by atoms with van der Waals surface area (Å²) in [5.74, 6) is -0.114. The van der Waals surface area contributed by atoms with Crippen LogP contribution in [0, 0.1) is 11.3 Å². The van der Waals surface area contributed by atoms with E-state index in [0.29, 0.717) is 5.69 Å². The van der Waals surface area contributed by atoms with E-state index in [-0.39, 0.29) is 5.91 Å². The predicted molar refractivity (Wildman–Crippen MR) is 64.1 cm³/mol. The fourth-order valence-corrected chi connectivity index (χ4v) is 1.27. The van der Waals surface area contributed by atoms with Crippen LogP contribution in [0.2, 0.25) is 0 Å². The number of carbonyl (C=O) groups is 1. The normalized spacial score (nSPS) is 10.4. The van der Waals surface area contributed by atoms with E-state index >= 15 is 0 Å². The van der Waals surface area contributed by atoms with Crippen LogP contribution in [0.4, 0.5) is 11.4 Å². The molecular formula is C12H15N3O. The van der Waals surface area contributed by atoms with Crippen molar-refractivity contribution < 1.29 is 4.79 Å². The third kappa shape index (κ3) is 3.62. The number of nitrogens with one attached hydrogen (secondary N) is 2. The Labute approximate surface area is 95.3 Å². The van der Waals surface area contributed by atoms with E-state index in [4.69, 9.17) is 5.26 Å². The van der Waals surface area contributed by atoms with Crippen LogP contribution in [0.5, 0.6) is 0 Å². The minimum atomic E-state index is -0.630. The molecule has 16 heavy (non-hydrogen) atoms. The smallest absolute Gasteiger partial charge is 0.221 e. The van der Waals surface area contributed by atoms with Gasteiger partial charge in [0.05, 0.1) is 6.07 Å². The number of carbonyl (C=O) groups excluding carboxylic acids is 1. The maximum absolute atomic E-state index is 10.9. The average molecular weight is 217 g/mol. The number of benzene rings is 1. The summed E-state index contributed by atoms with van der Waals surface area (Å²) in [5.41, 5.74) is 0.888. The highest BCUT2D eigenvalue weighted by molar-refractivity contribution is 5.89. The van der Waals surface area contributed by atoms with Gasteiger partial charge in [0.1, 0.15) is 5.54 Å². The second-order valence-corrected chi connectivity index (χ2v) is 4.12. The van der Waals surface area contributed by atoms with Crippen LogP contribution < -0.4 is 10.6 Å². The number of nitrogens with zero attached hydrogens (tertiary/aromatic N) is 1. The highest BCUT2D eigenvalue weighted by atomic mass is 16.1. The van der Waals surface area contributed by atoms with Gasteiger partial charge in [0.15, 0.2) is 0 Å². The van der Waals surface area contributed by atoms with E-state index in [1.54, 1.807) is 26.0 Å². The zero-order chi connectivity index (χ0) is 12.2. The van der Waals surface area contributed by atoms with Crippen molar-refractivity contribution in [3.05, 3.63) is 24.3 Å². The predicted octanol–water partition coefficient (Wildman–Crippen LogP) is 2.36. The first-order valence-electron chi connectivity index (χ1n) is 5.00. The van der Waals surface area contributed by atoms with Crippen LogP contribution in [-0.4, -0.2) is 11.4 Å². The Balaban J connectivity index is 2.83. The maximum Gasteiger partial charge on any atom is 0.221 e. The van der Waals surface area contributed by atoms with Gasteiger partial charge < -0.3 is 10.6 Å². The molecule has 0 spiro atoms. The lowest BCUT2D eigenvalue weighted by molar-refractivity contribution is -0.114. The summed E-state index contributed by atoms with van der Waals surface area (Å²) in [6.45, 7) is 5.04. The van der Waals surface area contributed by atoms with Crippen LogP contribution in [0.3, 0.4) is 0 Å². The van der Waals surface area contributed by atoms with Gasteiger partial charge in [-0.15, -0.1) is 0 Å². The first-order valence-corrected chi connectivity index (χ1v) is 5.00. The van der Waals surface area contributed by atoms with Crippen molar-refractivity contribution >= 4 is 17.3 Å². The Morgan fingerprint density at radius 3 is 2.56 bits per heavy atom. The SMILES string of the molecule is CC(=O)Nc1cccc(NC(C)(C)C#N)c1. The fourth-order valence-electron chi connectivity index (χ4n) is 1.27. The molecule has 1 rings (SSSR count). The quantitative estimate of drug-likeness (QED) is 0.816. The van der Waals surface area contributed by atoms with Crippen LogP contribution in [-0.2, 0) is 4.79 Å². The minimum Gasteiger partial charge on any atom is -0.368 e. The van der Waals surface area contributed by atoms with Gasteiger partial charge in [0.2, 0.25) is 5.91 Å². The van der Waals surface area contributed by atoms with Gasteiger partial charge in [-0.05, 0) is 32.0 Å². The van der Waals surface area contributed by atoms with Crippen LogP contribution >= 0.6 is 0 Å². The number of anilines is 2. The second kappa shape index (κ2) is 4.67. The average Bonchev–Trinajstić information content (AvgIpc) is 2.16. The van der Waals surface area contributed by atoms with Crippen molar-refractivity contribution in [1.29, 1.82) is 5.26 Å². The lowest BCUT2D eigenvalue weighted by atomic mass is 10.1. The van der Waals surface area contributed by atoms with Crippen LogP contribution in [0.25, 0.3) is 0 Å². The molecule has 84 valence electrons. The standard InChI is InChI=1S/C12H15N3O/c1-9(16)14-10-5-4-6-11(7-10)15-12(2,3)8-13/h4-7,15H,1-3H3,(H,14,16). The van der Waals surface area contributed by atoms with Crippen LogP contribution in [0.1, 0.15) is 20.8 Å². The first-order chi connectivity index (χ1) is 7.43. The molecule has 1 aromatic rings. The lowest BCUT2D eigenvalue weighted by Gasteiger charge is -2.19.